The fraction of sp³-hybridized carbons (Fsp3) is 0.143. The molecule has 0 saturated carbocycles. The minimum absolute atomic E-state index is 0.111. The highest BCUT2D eigenvalue weighted by atomic mass is 16.5. The number of benzene rings is 2. The lowest BCUT2D eigenvalue weighted by atomic mass is 10.1. The van der Waals surface area contributed by atoms with Gasteiger partial charge in [0, 0.05) is 24.3 Å². The highest BCUT2D eigenvalue weighted by Crippen LogP contribution is 2.16. The van der Waals surface area contributed by atoms with Gasteiger partial charge in [0.1, 0.15) is 6.61 Å². The third-order valence-electron chi connectivity index (χ3n) is 4.44. The van der Waals surface area contributed by atoms with Crippen LogP contribution >= 0.6 is 0 Å². The van der Waals surface area contributed by atoms with E-state index in [0.29, 0.717) is 17.3 Å². The van der Waals surface area contributed by atoms with Gasteiger partial charge < -0.3 is 4.74 Å². The zero-order chi connectivity index (χ0) is 19.5. The van der Waals surface area contributed by atoms with Crippen LogP contribution < -0.4 is 5.56 Å². The number of carbonyl (C=O) groups excluding carboxylic acids is 1. The second kappa shape index (κ2) is 7.48. The molecule has 2 aromatic carbocycles. The van der Waals surface area contributed by atoms with E-state index >= 15 is 0 Å². The van der Waals surface area contributed by atoms with E-state index in [4.69, 9.17) is 4.74 Å². The summed E-state index contributed by atoms with van der Waals surface area (Å²) >= 11 is 0. The van der Waals surface area contributed by atoms with Gasteiger partial charge in [-0.2, -0.15) is 10.2 Å². The van der Waals surface area contributed by atoms with Crippen LogP contribution in [0.3, 0.4) is 0 Å². The molecule has 7 heteroatoms. The van der Waals surface area contributed by atoms with Gasteiger partial charge in [-0.1, -0.05) is 30.3 Å². The molecule has 28 heavy (non-hydrogen) atoms. The Morgan fingerprint density at radius 3 is 2.46 bits per heavy atom. The Bertz CT molecular complexity index is 1180. The molecule has 2 aromatic heterocycles. The first-order valence-corrected chi connectivity index (χ1v) is 8.93. The van der Waals surface area contributed by atoms with Crippen LogP contribution in [0.1, 0.15) is 23.0 Å². The molecule has 0 spiro atoms. The Balaban J connectivity index is 1.56. The van der Waals surface area contributed by atoms with E-state index in [0.717, 1.165) is 11.3 Å². The lowest BCUT2D eigenvalue weighted by Crippen LogP contribution is -2.25. The Morgan fingerprint density at radius 2 is 1.79 bits per heavy atom. The van der Waals surface area contributed by atoms with Crippen LogP contribution in [0, 0.1) is 0 Å². The van der Waals surface area contributed by atoms with Crippen LogP contribution in [-0.4, -0.2) is 25.5 Å². The van der Waals surface area contributed by atoms with Crippen molar-refractivity contribution in [3.63, 3.8) is 0 Å². The maximum atomic E-state index is 12.7. The van der Waals surface area contributed by atoms with Crippen molar-refractivity contribution in [1.29, 1.82) is 0 Å². The number of nitrogens with zero attached hydrogens (tertiary/aromatic N) is 4. The summed E-state index contributed by atoms with van der Waals surface area (Å²) in [7, 11) is 0. The summed E-state index contributed by atoms with van der Waals surface area (Å²) in [5, 5.41) is 9.32. The molecule has 0 aliphatic carbocycles. The fourth-order valence-electron chi connectivity index (χ4n) is 2.98. The van der Waals surface area contributed by atoms with Gasteiger partial charge in [-0.05, 0) is 36.8 Å². The molecular weight excluding hydrogens is 356 g/mol. The van der Waals surface area contributed by atoms with Gasteiger partial charge in [-0.3, -0.25) is 4.79 Å². The van der Waals surface area contributed by atoms with Crippen LogP contribution in [-0.2, 0) is 17.9 Å². The van der Waals surface area contributed by atoms with Crippen LogP contribution in [0.2, 0.25) is 0 Å². The second-order valence-corrected chi connectivity index (χ2v) is 6.21. The molecule has 0 unspecified atom stereocenters. The van der Waals surface area contributed by atoms with E-state index < -0.39 is 5.97 Å². The van der Waals surface area contributed by atoms with E-state index in [1.807, 2.05) is 36.5 Å². The summed E-state index contributed by atoms with van der Waals surface area (Å²) in [6, 6.07) is 16.3. The molecule has 0 saturated heterocycles. The van der Waals surface area contributed by atoms with Crippen molar-refractivity contribution in [2.75, 3.05) is 0 Å². The van der Waals surface area contributed by atoms with Gasteiger partial charge in [0.2, 0.25) is 0 Å². The molecule has 0 aliphatic rings. The molecule has 0 N–H and O–H groups in total. The number of hydrogen-bond donors (Lipinski definition) is 0. The summed E-state index contributed by atoms with van der Waals surface area (Å²) in [5.74, 6) is -0.561. The summed E-state index contributed by atoms with van der Waals surface area (Å²) in [6.07, 6.45) is 3.57. The van der Waals surface area contributed by atoms with Crippen molar-refractivity contribution in [2.45, 2.75) is 20.1 Å². The second-order valence-electron chi connectivity index (χ2n) is 6.21. The SMILES string of the molecule is CCn1nc(C(=O)OCc2ccc(-n3cccn3)cc2)c2ccccc2c1=O. The number of carbonyl (C=O) groups is 1. The Kier molecular flexibility index (Phi) is 4.72. The lowest BCUT2D eigenvalue weighted by Gasteiger charge is -2.10. The molecular formula is C21H18N4O3. The van der Waals surface area contributed by atoms with Crippen LogP contribution in [0.5, 0.6) is 0 Å². The van der Waals surface area contributed by atoms with Crippen molar-refractivity contribution in [1.82, 2.24) is 19.6 Å². The molecule has 0 radical (unpaired) electrons. The maximum Gasteiger partial charge on any atom is 0.359 e. The van der Waals surface area contributed by atoms with E-state index in [1.165, 1.54) is 4.68 Å². The molecule has 0 aliphatic heterocycles. The number of hydrogen-bond acceptors (Lipinski definition) is 5. The van der Waals surface area contributed by atoms with Crippen molar-refractivity contribution < 1.29 is 9.53 Å². The molecule has 0 atom stereocenters. The third kappa shape index (κ3) is 3.29. The summed E-state index contributed by atoms with van der Waals surface area (Å²) in [5.41, 5.74) is 1.69. The average Bonchev–Trinajstić information content (AvgIpc) is 3.28. The van der Waals surface area contributed by atoms with Crippen molar-refractivity contribution >= 4 is 16.7 Å². The molecule has 0 amide bonds. The number of rotatable bonds is 5. The maximum absolute atomic E-state index is 12.7. The predicted octanol–water partition coefficient (Wildman–Crippen LogP) is 2.96. The first-order valence-electron chi connectivity index (χ1n) is 8.93. The fourth-order valence-corrected chi connectivity index (χ4v) is 2.98. The topological polar surface area (TPSA) is 79.0 Å². The molecule has 0 fully saturated rings. The lowest BCUT2D eigenvalue weighted by molar-refractivity contribution is 0.0465. The summed E-state index contributed by atoms with van der Waals surface area (Å²) < 4.78 is 8.48. The van der Waals surface area contributed by atoms with E-state index in [2.05, 4.69) is 10.2 Å². The predicted molar refractivity (Wildman–Crippen MR) is 104 cm³/mol. The van der Waals surface area contributed by atoms with Crippen molar-refractivity contribution in [3.05, 3.63) is 88.6 Å². The quantitative estimate of drug-likeness (QED) is 0.502. The number of aromatic nitrogens is 4. The highest BCUT2D eigenvalue weighted by molar-refractivity contribution is 6.02. The number of aryl methyl sites for hydroxylation is 1. The van der Waals surface area contributed by atoms with Gasteiger partial charge in [0.15, 0.2) is 5.69 Å². The minimum Gasteiger partial charge on any atom is -0.456 e. The van der Waals surface area contributed by atoms with E-state index in [1.54, 1.807) is 42.1 Å². The first-order chi connectivity index (χ1) is 13.7. The standard InChI is InChI=1S/C21H18N4O3/c1-2-24-20(26)18-7-4-3-6-17(18)19(23-24)21(27)28-14-15-8-10-16(11-9-15)25-13-5-12-22-25/h3-13H,2,14H2,1H3. The highest BCUT2D eigenvalue weighted by Gasteiger charge is 2.17. The van der Waals surface area contributed by atoms with Gasteiger partial charge >= 0.3 is 5.97 Å². The Labute approximate surface area is 160 Å². The number of esters is 1. The first kappa shape index (κ1) is 17.7. The monoisotopic (exact) mass is 374 g/mol. The molecule has 7 nitrogen and oxygen atoms in total. The molecule has 4 aromatic rings. The van der Waals surface area contributed by atoms with Gasteiger partial charge in [0.25, 0.3) is 5.56 Å². The van der Waals surface area contributed by atoms with Crippen molar-refractivity contribution in [3.8, 4) is 5.69 Å². The largest absolute Gasteiger partial charge is 0.456 e. The molecule has 4 rings (SSSR count). The zero-order valence-corrected chi connectivity index (χ0v) is 15.3. The van der Waals surface area contributed by atoms with E-state index in [9.17, 15) is 9.59 Å². The smallest absolute Gasteiger partial charge is 0.359 e. The summed E-state index contributed by atoms with van der Waals surface area (Å²) in [4.78, 5) is 25.0. The zero-order valence-electron chi connectivity index (χ0n) is 15.3. The van der Waals surface area contributed by atoms with Gasteiger partial charge in [-0.15, -0.1) is 0 Å². The average molecular weight is 374 g/mol. The third-order valence-corrected chi connectivity index (χ3v) is 4.44. The normalized spacial score (nSPS) is 10.9. The molecule has 0 bridgehead atoms. The van der Waals surface area contributed by atoms with Crippen LogP contribution in [0.15, 0.2) is 71.8 Å². The Hall–Kier alpha value is -3.74. The minimum atomic E-state index is -0.561. The number of fused-ring (bicyclic) bond motifs is 1. The van der Waals surface area contributed by atoms with Gasteiger partial charge in [-0.25, -0.2) is 14.2 Å². The molecule has 140 valence electrons. The van der Waals surface area contributed by atoms with E-state index in [-0.39, 0.29) is 17.9 Å². The Morgan fingerprint density at radius 1 is 1.04 bits per heavy atom. The van der Waals surface area contributed by atoms with Crippen LogP contribution in [0.4, 0.5) is 0 Å². The summed E-state index contributed by atoms with van der Waals surface area (Å²) in [6.45, 7) is 2.29. The van der Waals surface area contributed by atoms with Crippen LogP contribution in [0.25, 0.3) is 16.5 Å². The number of ether oxygens (including phenoxy) is 1. The van der Waals surface area contributed by atoms with Crippen molar-refractivity contribution in [2.24, 2.45) is 0 Å². The van der Waals surface area contributed by atoms with Gasteiger partial charge in [0.05, 0.1) is 11.1 Å². The molecule has 2 heterocycles.